The van der Waals surface area contributed by atoms with Gasteiger partial charge < -0.3 is 20.1 Å². The monoisotopic (exact) mass is 136 g/mol. The third-order valence-electron chi connectivity index (χ3n) is 1.13. The number of hydrogen-bond donors (Lipinski definition) is 3. The fourth-order valence-electron chi connectivity index (χ4n) is 0.610. The van der Waals surface area contributed by atoms with Gasteiger partial charge in [0.05, 0.1) is 15.4 Å². The largest absolute Gasteiger partial charge is 0.390 e. The first-order valence-corrected chi connectivity index (χ1v) is 2.65. The van der Waals surface area contributed by atoms with Crippen molar-refractivity contribution in [1.82, 2.24) is 0 Å². The van der Waals surface area contributed by atoms with Gasteiger partial charge in [0.2, 0.25) is 0 Å². The molecule has 1 saturated heterocycles. The van der Waals surface area contributed by atoms with E-state index in [9.17, 15) is 0 Å². The Balaban J connectivity index is 2.67. The van der Waals surface area contributed by atoms with E-state index < -0.39 is 25.1 Å². The van der Waals surface area contributed by atoms with Crippen molar-refractivity contribution in [2.24, 2.45) is 0 Å². The summed E-state index contributed by atoms with van der Waals surface area (Å²) in [5.74, 6) is 0. The van der Waals surface area contributed by atoms with Crippen molar-refractivity contribution in [3.8, 4) is 0 Å². The molecule has 1 fully saturated rings. The highest BCUT2D eigenvalue weighted by Gasteiger charge is 2.26. The van der Waals surface area contributed by atoms with E-state index in [4.69, 9.17) is 18.1 Å². The van der Waals surface area contributed by atoms with Crippen LogP contribution in [0.15, 0.2) is 0 Å². The zero-order valence-corrected chi connectivity index (χ0v) is 4.69. The Morgan fingerprint density at radius 3 is 2.56 bits per heavy atom. The zero-order valence-electron chi connectivity index (χ0n) is 6.69. The van der Waals surface area contributed by atoms with E-state index in [2.05, 4.69) is 4.74 Å². The van der Waals surface area contributed by atoms with Crippen LogP contribution in [0.25, 0.3) is 0 Å². The molecule has 4 nitrogen and oxygen atoms in total. The van der Waals surface area contributed by atoms with Crippen LogP contribution >= 0.6 is 0 Å². The second-order valence-corrected chi connectivity index (χ2v) is 1.94. The molecule has 0 aromatic rings. The molecule has 4 heteroatoms. The molecule has 3 N–H and O–H groups in total. The summed E-state index contributed by atoms with van der Waals surface area (Å²) in [6.45, 7) is -2.36. The van der Waals surface area contributed by atoms with Gasteiger partial charge in [0.15, 0.2) is 6.29 Å². The Morgan fingerprint density at radius 1 is 1.33 bits per heavy atom. The summed E-state index contributed by atoms with van der Waals surface area (Å²) in [5.41, 5.74) is 0. The molecular weight excluding hydrogens is 124 g/mol. The number of aliphatic hydroxyl groups excluding tert-OH is 3. The molecule has 0 spiro atoms. The maximum atomic E-state index is 8.96. The predicted molar refractivity (Wildman–Crippen MR) is 28.6 cm³/mol. The smallest absolute Gasteiger partial charge is 0.157 e. The molecule has 9 heavy (non-hydrogen) atoms. The van der Waals surface area contributed by atoms with Crippen molar-refractivity contribution in [2.75, 3.05) is 6.56 Å². The van der Waals surface area contributed by atoms with Crippen LogP contribution < -0.4 is 0 Å². The molecule has 1 aliphatic heterocycles. The Hall–Kier alpha value is -0.160. The van der Waals surface area contributed by atoms with E-state index in [0.29, 0.717) is 0 Å². The molecule has 0 amide bonds. The standard InChI is InChI=1S/C5H10O4/c6-3-1-5(8)9-2-4(3)7/h3-8H,1-2H2/i2D2. The van der Waals surface area contributed by atoms with Gasteiger partial charge in [-0.1, -0.05) is 0 Å². The minimum absolute atomic E-state index is 0.166. The number of ether oxygens (including phenoxy) is 1. The zero-order chi connectivity index (χ0) is 8.65. The molecular formula is C5H10O4. The number of rotatable bonds is 0. The fourth-order valence-corrected chi connectivity index (χ4v) is 0.610. The molecule has 0 aromatic carbocycles. The van der Waals surface area contributed by atoms with Crippen molar-refractivity contribution in [3.05, 3.63) is 0 Å². The summed E-state index contributed by atoms with van der Waals surface area (Å²) in [7, 11) is 0. The first kappa shape index (κ1) is 4.62. The lowest BCUT2D eigenvalue weighted by Gasteiger charge is -2.26. The Bertz CT molecular complexity index is 151. The highest BCUT2D eigenvalue weighted by Crippen LogP contribution is 2.11. The summed E-state index contributed by atoms with van der Waals surface area (Å²) in [6, 6.07) is 0. The highest BCUT2D eigenvalue weighted by atomic mass is 16.6. The van der Waals surface area contributed by atoms with Gasteiger partial charge in [0.25, 0.3) is 0 Å². The third kappa shape index (κ3) is 1.62. The lowest BCUT2D eigenvalue weighted by atomic mass is 10.1. The molecule has 1 rings (SSSR count). The van der Waals surface area contributed by atoms with Crippen LogP contribution in [0.2, 0.25) is 0 Å². The number of aliphatic hydroxyl groups is 3. The SMILES string of the molecule is [2H]C1([2H])OC(O)CC(O)C1O. The van der Waals surface area contributed by atoms with Crippen molar-refractivity contribution >= 4 is 0 Å². The summed E-state index contributed by atoms with van der Waals surface area (Å²) in [5, 5.41) is 26.7. The first-order chi connectivity index (χ1) is 4.93. The lowest BCUT2D eigenvalue weighted by molar-refractivity contribution is -0.193. The van der Waals surface area contributed by atoms with E-state index in [1.807, 2.05) is 0 Å². The molecule has 0 saturated carbocycles. The van der Waals surface area contributed by atoms with E-state index in [0.717, 1.165) is 0 Å². The van der Waals surface area contributed by atoms with Crippen molar-refractivity contribution in [2.45, 2.75) is 24.9 Å². The second kappa shape index (κ2) is 2.62. The van der Waals surface area contributed by atoms with Crippen molar-refractivity contribution in [3.63, 3.8) is 0 Å². The quantitative estimate of drug-likeness (QED) is 0.377. The first-order valence-electron chi connectivity index (χ1n) is 3.65. The van der Waals surface area contributed by atoms with E-state index in [1.54, 1.807) is 0 Å². The van der Waals surface area contributed by atoms with Gasteiger partial charge in [0, 0.05) is 6.42 Å². The molecule has 1 heterocycles. The van der Waals surface area contributed by atoms with Crippen LogP contribution in [0.3, 0.4) is 0 Å². The van der Waals surface area contributed by atoms with Gasteiger partial charge >= 0.3 is 0 Å². The summed E-state index contributed by atoms with van der Waals surface area (Å²) in [6.07, 6.45) is -4.37. The minimum atomic E-state index is -2.36. The van der Waals surface area contributed by atoms with E-state index >= 15 is 0 Å². The predicted octanol–water partition coefficient (Wildman–Crippen LogP) is -1.55. The van der Waals surface area contributed by atoms with Crippen LogP contribution in [-0.4, -0.2) is 40.4 Å². The second-order valence-electron chi connectivity index (χ2n) is 1.94. The highest BCUT2D eigenvalue weighted by molar-refractivity contribution is 4.72. The van der Waals surface area contributed by atoms with Crippen molar-refractivity contribution < 1.29 is 22.8 Å². The van der Waals surface area contributed by atoms with Gasteiger partial charge in [-0.15, -0.1) is 0 Å². The minimum Gasteiger partial charge on any atom is -0.390 e. The topological polar surface area (TPSA) is 69.9 Å². The molecule has 0 radical (unpaired) electrons. The Morgan fingerprint density at radius 2 is 2.00 bits per heavy atom. The summed E-state index contributed by atoms with van der Waals surface area (Å²) >= 11 is 0. The average Bonchev–Trinajstić information content (AvgIpc) is 1.81. The van der Waals surface area contributed by atoms with Crippen LogP contribution in [0, 0.1) is 0 Å². The van der Waals surface area contributed by atoms with Crippen molar-refractivity contribution in [1.29, 1.82) is 0 Å². The average molecular weight is 136 g/mol. The molecule has 3 unspecified atom stereocenters. The molecule has 0 bridgehead atoms. The maximum Gasteiger partial charge on any atom is 0.157 e. The lowest BCUT2D eigenvalue weighted by Crippen LogP contribution is -2.40. The van der Waals surface area contributed by atoms with Gasteiger partial charge in [0.1, 0.15) is 6.10 Å². The van der Waals surface area contributed by atoms with E-state index in [1.165, 1.54) is 0 Å². The van der Waals surface area contributed by atoms with Crippen LogP contribution in [0.5, 0.6) is 0 Å². The van der Waals surface area contributed by atoms with Gasteiger partial charge in [-0.05, 0) is 0 Å². The Labute approximate surface area is 55.5 Å². The summed E-state index contributed by atoms with van der Waals surface area (Å²) in [4.78, 5) is 0. The van der Waals surface area contributed by atoms with Gasteiger partial charge in [-0.3, -0.25) is 0 Å². The third-order valence-corrected chi connectivity index (χ3v) is 1.13. The molecule has 0 aromatic heterocycles. The van der Waals surface area contributed by atoms with Crippen LogP contribution in [0.4, 0.5) is 0 Å². The number of hydrogen-bond acceptors (Lipinski definition) is 4. The fraction of sp³-hybridized carbons (Fsp3) is 1.00. The molecule has 0 aliphatic carbocycles. The van der Waals surface area contributed by atoms with Crippen LogP contribution in [0.1, 0.15) is 9.16 Å². The molecule has 3 atom stereocenters. The van der Waals surface area contributed by atoms with Gasteiger partial charge in [-0.2, -0.15) is 0 Å². The van der Waals surface area contributed by atoms with E-state index in [-0.39, 0.29) is 6.42 Å². The maximum absolute atomic E-state index is 8.96. The molecule has 54 valence electrons. The van der Waals surface area contributed by atoms with Crippen LogP contribution in [-0.2, 0) is 4.74 Å². The summed E-state index contributed by atoms with van der Waals surface area (Å²) < 4.78 is 18.3. The Kier molecular flexibility index (Phi) is 1.34. The normalized spacial score (nSPS) is 53.9. The molecule has 1 aliphatic rings. The van der Waals surface area contributed by atoms with Gasteiger partial charge in [-0.25, -0.2) is 0 Å².